The van der Waals surface area contributed by atoms with Gasteiger partial charge in [-0.05, 0) is 44.0 Å². The first-order valence-corrected chi connectivity index (χ1v) is 7.51. The van der Waals surface area contributed by atoms with Crippen LogP contribution in [0.3, 0.4) is 0 Å². The lowest BCUT2D eigenvalue weighted by atomic mass is 9.54. The van der Waals surface area contributed by atoms with Crippen molar-refractivity contribution in [2.75, 3.05) is 11.9 Å². The Morgan fingerprint density at radius 3 is 2.57 bits per heavy atom. The molecule has 1 saturated carbocycles. The zero-order valence-electron chi connectivity index (χ0n) is 13.6. The van der Waals surface area contributed by atoms with Gasteiger partial charge in [0.05, 0.1) is 6.10 Å². The molecule has 2 unspecified atom stereocenters. The van der Waals surface area contributed by atoms with Crippen molar-refractivity contribution in [2.24, 2.45) is 11.1 Å². The molecule has 2 rings (SSSR count). The molecule has 21 heavy (non-hydrogen) atoms. The summed E-state index contributed by atoms with van der Waals surface area (Å²) in [5.41, 5.74) is 8.27. The van der Waals surface area contributed by atoms with Crippen LogP contribution in [0.2, 0.25) is 0 Å². The molecule has 4 heteroatoms. The number of nitrogens with two attached hydrogens (primary N) is 1. The van der Waals surface area contributed by atoms with Gasteiger partial charge >= 0.3 is 0 Å². The zero-order valence-corrected chi connectivity index (χ0v) is 13.6. The number of aryl methyl sites for hydroxylation is 2. The number of rotatable bonds is 4. The van der Waals surface area contributed by atoms with Gasteiger partial charge in [-0.25, -0.2) is 0 Å². The smallest absolute Gasteiger partial charge is 0.245 e. The quantitative estimate of drug-likeness (QED) is 0.896. The second-order valence-electron chi connectivity index (χ2n) is 6.59. The number of carbonyl (C=O) groups excluding carboxylic acids is 1. The topological polar surface area (TPSA) is 64.3 Å². The van der Waals surface area contributed by atoms with Gasteiger partial charge in [-0.2, -0.15) is 0 Å². The Bertz CT molecular complexity index is 554. The van der Waals surface area contributed by atoms with Crippen molar-refractivity contribution in [3.63, 3.8) is 0 Å². The molecule has 116 valence electrons. The van der Waals surface area contributed by atoms with Crippen LogP contribution < -0.4 is 11.1 Å². The molecule has 0 aromatic heterocycles. The second-order valence-corrected chi connectivity index (χ2v) is 6.59. The van der Waals surface area contributed by atoms with E-state index in [1.54, 1.807) is 0 Å². The van der Waals surface area contributed by atoms with Gasteiger partial charge in [0, 0.05) is 24.1 Å². The first kappa shape index (κ1) is 16.0. The van der Waals surface area contributed by atoms with E-state index >= 15 is 0 Å². The monoisotopic (exact) mass is 290 g/mol. The van der Waals surface area contributed by atoms with E-state index < -0.39 is 5.54 Å². The van der Waals surface area contributed by atoms with Crippen molar-refractivity contribution < 1.29 is 9.53 Å². The van der Waals surface area contributed by atoms with Gasteiger partial charge in [0.1, 0.15) is 5.54 Å². The summed E-state index contributed by atoms with van der Waals surface area (Å²) >= 11 is 0. The molecule has 2 atom stereocenters. The normalized spacial score (nSPS) is 27.0. The highest BCUT2D eigenvalue weighted by atomic mass is 16.5. The number of hydrogen-bond acceptors (Lipinski definition) is 3. The summed E-state index contributed by atoms with van der Waals surface area (Å²) in [6, 6.07) is 5.89. The SMILES string of the molecule is CCOC1CC(N)(C(=O)Nc2ccc(C)c(C)c2)C1(C)C. The van der Waals surface area contributed by atoms with Crippen LogP contribution in [0.4, 0.5) is 5.69 Å². The Kier molecular flexibility index (Phi) is 4.13. The van der Waals surface area contributed by atoms with E-state index in [2.05, 4.69) is 5.32 Å². The van der Waals surface area contributed by atoms with E-state index in [1.807, 2.05) is 52.8 Å². The molecule has 4 nitrogen and oxygen atoms in total. The molecule has 0 radical (unpaired) electrons. The maximum atomic E-state index is 12.6. The Morgan fingerprint density at radius 2 is 2.05 bits per heavy atom. The fraction of sp³-hybridized carbons (Fsp3) is 0.588. The maximum Gasteiger partial charge on any atom is 0.245 e. The molecule has 1 aromatic carbocycles. The van der Waals surface area contributed by atoms with Gasteiger partial charge in [-0.15, -0.1) is 0 Å². The summed E-state index contributed by atoms with van der Waals surface area (Å²) in [6.45, 7) is 10.7. The van der Waals surface area contributed by atoms with Crippen LogP contribution in [0, 0.1) is 19.3 Å². The fourth-order valence-corrected chi connectivity index (χ4v) is 2.88. The Labute approximate surface area is 127 Å². The average Bonchev–Trinajstić information content (AvgIpc) is 2.42. The van der Waals surface area contributed by atoms with E-state index in [0.29, 0.717) is 13.0 Å². The van der Waals surface area contributed by atoms with E-state index in [4.69, 9.17) is 10.5 Å². The third kappa shape index (κ3) is 2.58. The van der Waals surface area contributed by atoms with Gasteiger partial charge in [0.25, 0.3) is 0 Å². The number of amides is 1. The first-order chi connectivity index (χ1) is 9.72. The van der Waals surface area contributed by atoms with Crippen molar-refractivity contribution in [1.29, 1.82) is 0 Å². The van der Waals surface area contributed by atoms with Gasteiger partial charge in [0.2, 0.25) is 5.91 Å². The van der Waals surface area contributed by atoms with Gasteiger partial charge in [-0.3, -0.25) is 4.79 Å². The number of benzene rings is 1. The van der Waals surface area contributed by atoms with Crippen molar-refractivity contribution in [3.8, 4) is 0 Å². The predicted octanol–water partition coefficient (Wildman–Crippen LogP) is 2.77. The summed E-state index contributed by atoms with van der Waals surface area (Å²) in [7, 11) is 0. The third-order valence-electron chi connectivity index (χ3n) is 5.00. The van der Waals surface area contributed by atoms with E-state index in [-0.39, 0.29) is 17.4 Å². The number of anilines is 1. The number of ether oxygens (including phenoxy) is 1. The first-order valence-electron chi connectivity index (χ1n) is 7.51. The molecule has 0 aliphatic heterocycles. The fourth-order valence-electron chi connectivity index (χ4n) is 2.88. The minimum absolute atomic E-state index is 0.0398. The minimum atomic E-state index is -0.883. The highest BCUT2D eigenvalue weighted by Crippen LogP contribution is 2.50. The molecule has 1 aliphatic carbocycles. The number of nitrogens with one attached hydrogen (secondary N) is 1. The summed E-state index contributed by atoms with van der Waals surface area (Å²) in [5.74, 6) is -0.133. The number of hydrogen-bond donors (Lipinski definition) is 2. The van der Waals surface area contributed by atoms with Crippen molar-refractivity contribution >= 4 is 11.6 Å². The van der Waals surface area contributed by atoms with E-state index in [1.165, 1.54) is 5.56 Å². The highest BCUT2D eigenvalue weighted by Gasteiger charge is 2.62. The molecule has 1 aromatic rings. The third-order valence-corrected chi connectivity index (χ3v) is 5.00. The molecule has 0 bridgehead atoms. The highest BCUT2D eigenvalue weighted by molar-refractivity contribution is 5.99. The van der Waals surface area contributed by atoms with E-state index in [0.717, 1.165) is 11.3 Å². The van der Waals surface area contributed by atoms with Crippen LogP contribution in [-0.4, -0.2) is 24.2 Å². The van der Waals surface area contributed by atoms with Gasteiger partial charge in [0.15, 0.2) is 0 Å². The minimum Gasteiger partial charge on any atom is -0.378 e. The standard InChI is InChI=1S/C17H26N2O2/c1-6-21-14-10-17(18,16(14,4)5)15(20)19-13-8-7-11(2)12(3)9-13/h7-9,14H,6,10,18H2,1-5H3,(H,19,20). The molecule has 0 saturated heterocycles. The summed E-state index contributed by atoms with van der Waals surface area (Å²) < 4.78 is 5.66. The van der Waals surface area contributed by atoms with Crippen molar-refractivity contribution in [1.82, 2.24) is 0 Å². The largest absolute Gasteiger partial charge is 0.378 e. The van der Waals surface area contributed by atoms with Crippen LogP contribution in [-0.2, 0) is 9.53 Å². The van der Waals surface area contributed by atoms with Crippen LogP contribution in [0.15, 0.2) is 18.2 Å². The molecule has 3 N–H and O–H groups in total. The van der Waals surface area contributed by atoms with Crippen LogP contribution in [0.1, 0.15) is 38.3 Å². The van der Waals surface area contributed by atoms with Gasteiger partial charge < -0.3 is 15.8 Å². The molecule has 1 fully saturated rings. The lowest BCUT2D eigenvalue weighted by Crippen LogP contribution is -2.74. The average molecular weight is 290 g/mol. The van der Waals surface area contributed by atoms with Crippen LogP contribution in [0.5, 0.6) is 0 Å². The Hall–Kier alpha value is -1.39. The van der Waals surface area contributed by atoms with Crippen molar-refractivity contribution in [3.05, 3.63) is 29.3 Å². The Morgan fingerprint density at radius 1 is 1.38 bits per heavy atom. The van der Waals surface area contributed by atoms with Crippen LogP contribution >= 0.6 is 0 Å². The lowest BCUT2D eigenvalue weighted by Gasteiger charge is -2.57. The van der Waals surface area contributed by atoms with E-state index in [9.17, 15) is 4.79 Å². The summed E-state index contributed by atoms with van der Waals surface area (Å²) in [5, 5.41) is 2.95. The lowest BCUT2D eigenvalue weighted by molar-refractivity contribution is -0.166. The second kappa shape index (κ2) is 5.43. The Balaban J connectivity index is 2.12. The van der Waals surface area contributed by atoms with Crippen LogP contribution in [0.25, 0.3) is 0 Å². The molecule has 1 amide bonds. The molecular formula is C17H26N2O2. The number of carbonyl (C=O) groups is 1. The molecule has 0 spiro atoms. The molecule has 1 aliphatic rings. The molecule has 0 heterocycles. The van der Waals surface area contributed by atoms with Gasteiger partial charge in [-0.1, -0.05) is 19.9 Å². The predicted molar refractivity (Wildman–Crippen MR) is 85.3 cm³/mol. The summed E-state index contributed by atoms with van der Waals surface area (Å²) in [4.78, 5) is 12.6. The zero-order chi connectivity index (χ0) is 15.8. The van der Waals surface area contributed by atoms with Crippen molar-refractivity contribution in [2.45, 2.75) is 52.7 Å². The molecular weight excluding hydrogens is 264 g/mol. The summed E-state index contributed by atoms with van der Waals surface area (Å²) in [6.07, 6.45) is 0.600. The maximum absolute atomic E-state index is 12.6.